The quantitative estimate of drug-likeness (QED) is 0.631. The van der Waals surface area contributed by atoms with Crippen LogP contribution in [0.5, 0.6) is 5.75 Å². The topological polar surface area (TPSA) is 58.6 Å². The number of halogens is 1. The van der Waals surface area contributed by atoms with Gasteiger partial charge in [0, 0.05) is 13.6 Å². The van der Waals surface area contributed by atoms with Crippen LogP contribution in [0.1, 0.15) is 15.9 Å². The Morgan fingerprint density at radius 3 is 2.41 bits per heavy atom. The summed E-state index contributed by atoms with van der Waals surface area (Å²) >= 11 is 0. The van der Waals surface area contributed by atoms with Gasteiger partial charge in [0.05, 0.1) is 23.3 Å². The summed E-state index contributed by atoms with van der Waals surface area (Å²) in [6.07, 6.45) is 0. The normalized spacial score (nSPS) is 11.6. The molecule has 1 atom stereocenters. The van der Waals surface area contributed by atoms with Gasteiger partial charge in [-0.3, -0.25) is 4.79 Å². The largest absolute Gasteiger partial charge is 0.497 e. The summed E-state index contributed by atoms with van der Waals surface area (Å²) in [5, 5.41) is 0. The molecule has 1 N–H and O–H groups in total. The van der Waals surface area contributed by atoms with Crippen LogP contribution in [0, 0.1) is 5.82 Å². The summed E-state index contributed by atoms with van der Waals surface area (Å²) in [5.74, 6) is -0.195. The van der Waals surface area contributed by atoms with Gasteiger partial charge in [0.25, 0.3) is 5.91 Å². The molecule has 0 spiro atoms. The van der Waals surface area contributed by atoms with Crippen molar-refractivity contribution < 1.29 is 18.1 Å². The molecule has 3 aromatic carbocycles. The van der Waals surface area contributed by atoms with Gasteiger partial charge in [-0.05, 0) is 48.0 Å². The van der Waals surface area contributed by atoms with Gasteiger partial charge in [-0.25, -0.2) is 8.60 Å². The Labute approximate surface area is 171 Å². The van der Waals surface area contributed by atoms with Crippen LogP contribution in [-0.2, 0) is 17.5 Å². The molecule has 3 aromatic rings. The molecule has 1 unspecified atom stereocenters. The maximum atomic E-state index is 13.8. The lowest BCUT2D eigenvalue weighted by Crippen LogP contribution is -2.27. The van der Waals surface area contributed by atoms with Crippen molar-refractivity contribution in [3.05, 3.63) is 89.7 Å². The molecule has 0 aromatic heterocycles. The van der Waals surface area contributed by atoms with Gasteiger partial charge in [-0.1, -0.05) is 30.3 Å². The second-order valence-corrected chi connectivity index (χ2v) is 7.60. The Bertz CT molecular complexity index is 1010. The van der Waals surface area contributed by atoms with Gasteiger partial charge in [0.2, 0.25) is 0 Å². The minimum absolute atomic E-state index is 0.170. The summed E-state index contributed by atoms with van der Waals surface area (Å²) < 4.78 is 34.3. The lowest BCUT2D eigenvalue weighted by atomic mass is 10.1. The monoisotopic (exact) mass is 412 g/mol. The minimum Gasteiger partial charge on any atom is -0.497 e. The SMILES string of the molecule is COc1ccc(S(=O)Nc2cc(F)ccc2C(=O)N(C)Cc2ccccc2)cc1. The molecule has 0 aliphatic heterocycles. The van der Waals surface area contributed by atoms with E-state index in [1.165, 1.54) is 23.1 Å². The van der Waals surface area contributed by atoms with Crippen LogP contribution in [0.15, 0.2) is 77.7 Å². The third-order valence-electron chi connectivity index (χ3n) is 4.30. The van der Waals surface area contributed by atoms with Gasteiger partial charge in [0.1, 0.15) is 22.6 Å². The van der Waals surface area contributed by atoms with Crippen LogP contribution in [0.3, 0.4) is 0 Å². The highest BCUT2D eigenvalue weighted by atomic mass is 32.2. The van der Waals surface area contributed by atoms with E-state index in [0.717, 1.165) is 5.56 Å². The Morgan fingerprint density at radius 2 is 1.76 bits per heavy atom. The van der Waals surface area contributed by atoms with E-state index in [4.69, 9.17) is 4.74 Å². The van der Waals surface area contributed by atoms with E-state index in [0.29, 0.717) is 17.2 Å². The first-order chi connectivity index (χ1) is 14.0. The first-order valence-electron chi connectivity index (χ1n) is 8.89. The molecule has 0 bridgehead atoms. The van der Waals surface area contributed by atoms with Crippen LogP contribution in [0.25, 0.3) is 0 Å². The smallest absolute Gasteiger partial charge is 0.256 e. The zero-order valence-corrected chi connectivity index (χ0v) is 16.9. The number of methoxy groups -OCH3 is 1. The van der Waals surface area contributed by atoms with Crippen LogP contribution in [0.4, 0.5) is 10.1 Å². The Balaban J connectivity index is 1.81. The van der Waals surface area contributed by atoms with Crippen molar-refractivity contribution in [2.24, 2.45) is 0 Å². The van der Waals surface area contributed by atoms with Crippen LogP contribution in [-0.4, -0.2) is 29.2 Å². The van der Waals surface area contributed by atoms with Gasteiger partial charge < -0.3 is 14.4 Å². The number of anilines is 1. The molecule has 150 valence electrons. The highest BCUT2D eigenvalue weighted by Crippen LogP contribution is 2.23. The number of carbonyl (C=O) groups excluding carboxylic acids is 1. The number of hydrogen-bond acceptors (Lipinski definition) is 3. The van der Waals surface area contributed by atoms with Gasteiger partial charge >= 0.3 is 0 Å². The predicted octanol–water partition coefficient (Wildman–Crippen LogP) is 4.24. The fraction of sp³-hybridized carbons (Fsp3) is 0.136. The Hall–Kier alpha value is -3.19. The highest BCUT2D eigenvalue weighted by molar-refractivity contribution is 7.86. The summed E-state index contributed by atoms with van der Waals surface area (Å²) in [5.41, 5.74) is 1.39. The van der Waals surface area contributed by atoms with Crippen molar-refractivity contribution in [2.45, 2.75) is 11.4 Å². The average molecular weight is 412 g/mol. The van der Waals surface area contributed by atoms with Crippen LogP contribution < -0.4 is 9.46 Å². The minimum atomic E-state index is -1.67. The zero-order valence-electron chi connectivity index (χ0n) is 16.1. The third kappa shape index (κ3) is 5.20. The zero-order chi connectivity index (χ0) is 20.8. The summed E-state index contributed by atoms with van der Waals surface area (Å²) in [7, 11) is 1.54. The third-order valence-corrected chi connectivity index (χ3v) is 5.40. The van der Waals surface area contributed by atoms with E-state index in [-0.39, 0.29) is 17.2 Å². The fourth-order valence-electron chi connectivity index (χ4n) is 2.78. The lowest BCUT2D eigenvalue weighted by Gasteiger charge is -2.19. The fourth-order valence-corrected chi connectivity index (χ4v) is 3.65. The Morgan fingerprint density at radius 1 is 1.07 bits per heavy atom. The predicted molar refractivity (Wildman–Crippen MR) is 112 cm³/mol. The Kier molecular flexibility index (Phi) is 6.61. The van der Waals surface area contributed by atoms with Crippen molar-refractivity contribution in [3.63, 3.8) is 0 Å². The molecule has 0 heterocycles. The molecule has 7 heteroatoms. The van der Waals surface area contributed by atoms with Crippen molar-refractivity contribution >= 4 is 22.6 Å². The molecular formula is C22H21FN2O3S. The molecule has 5 nitrogen and oxygen atoms in total. The van der Waals surface area contributed by atoms with Crippen molar-refractivity contribution in [2.75, 3.05) is 18.9 Å². The molecule has 3 rings (SSSR count). The van der Waals surface area contributed by atoms with Gasteiger partial charge in [-0.15, -0.1) is 0 Å². The van der Waals surface area contributed by atoms with E-state index < -0.39 is 16.8 Å². The molecule has 0 saturated carbocycles. The molecule has 0 radical (unpaired) electrons. The number of carbonyl (C=O) groups is 1. The molecule has 0 aliphatic rings. The number of nitrogens with one attached hydrogen (secondary N) is 1. The molecule has 0 saturated heterocycles. The van der Waals surface area contributed by atoms with Crippen molar-refractivity contribution in [1.82, 2.24) is 4.90 Å². The maximum absolute atomic E-state index is 13.8. The highest BCUT2D eigenvalue weighted by Gasteiger charge is 2.18. The van der Waals surface area contributed by atoms with Crippen LogP contribution >= 0.6 is 0 Å². The maximum Gasteiger partial charge on any atom is 0.256 e. The standard InChI is InChI=1S/C22H21FN2O3S/c1-25(15-16-6-4-3-5-7-16)22(26)20-13-8-17(23)14-21(20)24-29(27)19-11-9-18(28-2)10-12-19/h3-14,24H,15H2,1-2H3. The number of rotatable bonds is 7. The van der Waals surface area contributed by atoms with E-state index in [9.17, 15) is 13.4 Å². The van der Waals surface area contributed by atoms with Gasteiger partial charge in [-0.2, -0.15) is 0 Å². The lowest BCUT2D eigenvalue weighted by molar-refractivity contribution is 0.0786. The van der Waals surface area contributed by atoms with E-state index in [1.54, 1.807) is 38.4 Å². The second-order valence-electron chi connectivity index (χ2n) is 6.38. The van der Waals surface area contributed by atoms with Crippen molar-refractivity contribution in [1.29, 1.82) is 0 Å². The number of hydrogen-bond donors (Lipinski definition) is 1. The second kappa shape index (κ2) is 9.34. The summed E-state index contributed by atoms with van der Waals surface area (Å²) in [6.45, 7) is 0.401. The van der Waals surface area contributed by atoms with E-state index >= 15 is 0 Å². The summed E-state index contributed by atoms with van der Waals surface area (Å²) in [4.78, 5) is 14.9. The van der Waals surface area contributed by atoms with Gasteiger partial charge in [0.15, 0.2) is 0 Å². The van der Waals surface area contributed by atoms with Crippen LogP contribution in [0.2, 0.25) is 0 Å². The van der Waals surface area contributed by atoms with Crippen molar-refractivity contribution in [3.8, 4) is 5.75 Å². The number of nitrogens with zero attached hydrogens (tertiary/aromatic N) is 1. The first-order valence-corrected chi connectivity index (χ1v) is 10.0. The molecular weight excluding hydrogens is 391 g/mol. The average Bonchev–Trinajstić information content (AvgIpc) is 2.74. The molecule has 29 heavy (non-hydrogen) atoms. The van der Waals surface area contributed by atoms with E-state index in [1.807, 2.05) is 30.3 Å². The number of benzene rings is 3. The van der Waals surface area contributed by atoms with E-state index in [2.05, 4.69) is 4.72 Å². The number of amides is 1. The molecule has 0 fully saturated rings. The number of ether oxygens (including phenoxy) is 1. The molecule has 0 aliphatic carbocycles. The molecule has 1 amide bonds. The summed E-state index contributed by atoms with van der Waals surface area (Å²) in [6, 6.07) is 20.0. The first kappa shape index (κ1) is 20.5.